The van der Waals surface area contributed by atoms with Crippen LogP contribution in [0.15, 0.2) is 5.16 Å². The lowest BCUT2D eigenvalue weighted by atomic mass is 10.2. The molecule has 0 radical (unpaired) electrons. The van der Waals surface area contributed by atoms with Gasteiger partial charge >= 0.3 is 0 Å². The molecule has 1 atom stereocenters. The number of nitrogens with one attached hydrogen (secondary N) is 1. The number of carbonyl (C=O) groups is 1. The van der Waals surface area contributed by atoms with Gasteiger partial charge in [-0.25, -0.2) is 15.8 Å². The smallest absolute Gasteiger partial charge is 0.234 e. The summed E-state index contributed by atoms with van der Waals surface area (Å²) in [5.41, 5.74) is 5.20. The summed E-state index contributed by atoms with van der Waals surface area (Å²) in [7, 11) is 0. The SMILES string of the molecule is Cc1nc(SC(C)CC(=O)NN)nc(C)c1C. The largest absolute Gasteiger partial charge is 0.294 e. The number of aromatic nitrogens is 2. The van der Waals surface area contributed by atoms with Crippen molar-refractivity contribution in [3.63, 3.8) is 0 Å². The highest BCUT2D eigenvalue weighted by molar-refractivity contribution is 7.99. The second-order valence-electron chi connectivity index (χ2n) is 4.00. The molecule has 0 saturated carbocycles. The highest BCUT2D eigenvalue weighted by atomic mass is 32.2. The molecule has 0 fully saturated rings. The Morgan fingerprint density at radius 3 is 2.35 bits per heavy atom. The van der Waals surface area contributed by atoms with Gasteiger partial charge in [0.1, 0.15) is 0 Å². The number of amides is 1. The lowest BCUT2D eigenvalue weighted by molar-refractivity contribution is -0.121. The van der Waals surface area contributed by atoms with Crippen molar-refractivity contribution in [2.45, 2.75) is 44.5 Å². The Bertz CT molecular complexity index is 399. The summed E-state index contributed by atoms with van der Waals surface area (Å²) in [6.45, 7) is 7.88. The zero-order chi connectivity index (χ0) is 13.0. The van der Waals surface area contributed by atoms with E-state index in [2.05, 4.69) is 15.4 Å². The van der Waals surface area contributed by atoms with E-state index in [1.165, 1.54) is 11.8 Å². The molecular formula is C11H18N4OS. The molecule has 0 aliphatic carbocycles. The summed E-state index contributed by atoms with van der Waals surface area (Å²) < 4.78 is 0. The van der Waals surface area contributed by atoms with Crippen LogP contribution < -0.4 is 11.3 Å². The number of nitrogens with two attached hydrogens (primary N) is 1. The Hall–Kier alpha value is -1.14. The Morgan fingerprint density at radius 2 is 1.88 bits per heavy atom. The summed E-state index contributed by atoms with van der Waals surface area (Å²) in [6, 6.07) is 0. The Kier molecular flexibility index (Phi) is 4.89. The van der Waals surface area contributed by atoms with Crippen LogP contribution in [-0.2, 0) is 4.79 Å². The van der Waals surface area contributed by atoms with E-state index in [1.807, 2.05) is 27.7 Å². The molecule has 1 amide bonds. The molecule has 0 spiro atoms. The second kappa shape index (κ2) is 5.97. The molecule has 94 valence electrons. The van der Waals surface area contributed by atoms with Crippen molar-refractivity contribution in [1.82, 2.24) is 15.4 Å². The molecule has 3 N–H and O–H groups in total. The highest BCUT2D eigenvalue weighted by Gasteiger charge is 2.12. The number of carbonyl (C=O) groups excluding carboxylic acids is 1. The van der Waals surface area contributed by atoms with Crippen molar-refractivity contribution in [1.29, 1.82) is 0 Å². The van der Waals surface area contributed by atoms with E-state index in [0.29, 0.717) is 11.6 Å². The third-order valence-electron chi connectivity index (χ3n) is 2.55. The first-order valence-corrected chi connectivity index (χ1v) is 6.30. The summed E-state index contributed by atoms with van der Waals surface area (Å²) in [5, 5.41) is 0.808. The average molecular weight is 254 g/mol. The van der Waals surface area contributed by atoms with Gasteiger partial charge in [0.2, 0.25) is 5.91 Å². The van der Waals surface area contributed by atoms with E-state index in [1.54, 1.807) is 0 Å². The Labute approximate surface area is 106 Å². The third kappa shape index (κ3) is 3.98. The fourth-order valence-corrected chi connectivity index (χ4v) is 2.31. The number of hydrazine groups is 1. The molecule has 1 aromatic heterocycles. The maximum Gasteiger partial charge on any atom is 0.234 e. The van der Waals surface area contributed by atoms with Crippen LogP contribution in [0.25, 0.3) is 0 Å². The van der Waals surface area contributed by atoms with Crippen LogP contribution in [0.4, 0.5) is 0 Å². The van der Waals surface area contributed by atoms with Gasteiger partial charge in [-0.15, -0.1) is 0 Å². The van der Waals surface area contributed by atoms with Crippen molar-refractivity contribution >= 4 is 17.7 Å². The van der Waals surface area contributed by atoms with Crippen LogP contribution >= 0.6 is 11.8 Å². The molecule has 1 aromatic rings. The lowest BCUT2D eigenvalue weighted by Gasteiger charge is -2.11. The molecule has 1 heterocycles. The van der Waals surface area contributed by atoms with E-state index in [9.17, 15) is 4.79 Å². The number of hydrogen-bond acceptors (Lipinski definition) is 5. The minimum Gasteiger partial charge on any atom is -0.294 e. The van der Waals surface area contributed by atoms with Crippen molar-refractivity contribution in [2.24, 2.45) is 5.84 Å². The first-order valence-electron chi connectivity index (χ1n) is 5.42. The fourth-order valence-electron chi connectivity index (χ4n) is 1.34. The van der Waals surface area contributed by atoms with E-state index < -0.39 is 0 Å². The second-order valence-corrected chi connectivity index (χ2v) is 5.41. The van der Waals surface area contributed by atoms with Gasteiger partial charge in [0.15, 0.2) is 5.16 Å². The third-order valence-corrected chi connectivity index (χ3v) is 3.51. The number of thioether (sulfide) groups is 1. The number of nitrogens with zero attached hydrogens (tertiary/aromatic N) is 2. The molecule has 1 rings (SSSR count). The first-order chi connectivity index (χ1) is 7.93. The van der Waals surface area contributed by atoms with Gasteiger partial charge in [-0.05, 0) is 26.3 Å². The predicted octanol–water partition coefficient (Wildman–Crippen LogP) is 1.26. The van der Waals surface area contributed by atoms with Gasteiger partial charge < -0.3 is 0 Å². The molecular weight excluding hydrogens is 236 g/mol. The minimum atomic E-state index is -0.175. The van der Waals surface area contributed by atoms with Gasteiger partial charge in [-0.2, -0.15) is 0 Å². The van der Waals surface area contributed by atoms with Crippen LogP contribution in [-0.4, -0.2) is 21.1 Å². The molecule has 1 unspecified atom stereocenters. The van der Waals surface area contributed by atoms with E-state index in [4.69, 9.17) is 5.84 Å². The van der Waals surface area contributed by atoms with Gasteiger partial charge in [0.25, 0.3) is 0 Å². The topological polar surface area (TPSA) is 80.9 Å². The Morgan fingerprint density at radius 1 is 1.35 bits per heavy atom. The molecule has 0 saturated heterocycles. The summed E-state index contributed by atoms with van der Waals surface area (Å²) in [5.74, 6) is 4.87. The standard InChI is InChI=1S/C11H18N4OS/c1-6(5-10(16)15-12)17-11-13-8(3)7(2)9(4)14-11/h6H,5,12H2,1-4H3,(H,15,16). The number of rotatable bonds is 4. The van der Waals surface area contributed by atoms with Crippen molar-refractivity contribution in [2.75, 3.05) is 0 Å². The van der Waals surface area contributed by atoms with Crippen LogP contribution in [0.1, 0.15) is 30.3 Å². The van der Waals surface area contributed by atoms with Gasteiger partial charge in [-0.1, -0.05) is 18.7 Å². The quantitative estimate of drug-likeness (QED) is 0.278. The van der Waals surface area contributed by atoms with Gasteiger partial charge in [-0.3, -0.25) is 10.2 Å². The summed E-state index contributed by atoms with van der Waals surface area (Å²) >= 11 is 1.49. The van der Waals surface area contributed by atoms with Crippen molar-refractivity contribution < 1.29 is 4.79 Å². The minimum absolute atomic E-state index is 0.0973. The van der Waals surface area contributed by atoms with Crippen molar-refractivity contribution in [3.8, 4) is 0 Å². The van der Waals surface area contributed by atoms with Crippen LogP contribution in [0, 0.1) is 20.8 Å². The monoisotopic (exact) mass is 254 g/mol. The van der Waals surface area contributed by atoms with Gasteiger partial charge in [0.05, 0.1) is 0 Å². The highest BCUT2D eigenvalue weighted by Crippen LogP contribution is 2.23. The van der Waals surface area contributed by atoms with E-state index >= 15 is 0 Å². The normalized spacial score (nSPS) is 12.3. The maximum absolute atomic E-state index is 11.1. The number of aryl methyl sites for hydroxylation is 2. The van der Waals surface area contributed by atoms with Crippen molar-refractivity contribution in [3.05, 3.63) is 17.0 Å². The zero-order valence-corrected chi connectivity index (χ0v) is 11.4. The van der Waals surface area contributed by atoms with Crippen LogP contribution in [0.3, 0.4) is 0 Å². The molecule has 5 nitrogen and oxygen atoms in total. The van der Waals surface area contributed by atoms with Crippen LogP contribution in [0.5, 0.6) is 0 Å². The molecule has 0 bridgehead atoms. The first kappa shape index (κ1) is 13.9. The molecule has 0 aromatic carbocycles. The fraction of sp³-hybridized carbons (Fsp3) is 0.545. The molecule has 0 aliphatic rings. The summed E-state index contributed by atoms with van der Waals surface area (Å²) in [4.78, 5) is 19.9. The summed E-state index contributed by atoms with van der Waals surface area (Å²) in [6.07, 6.45) is 0.358. The number of hydrogen-bond donors (Lipinski definition) is 2. The average Bonchev–Trinajstić information content (AvgIpc) is 2.25. The lowest BCUT2D eigenvalue weighted by Crippen LogP contribution is -2.31. The molecule has 0 aliphatic heterocycles. The van der Waals surface area contributed by atoms with Crippen LogP contribution in [0.2, 0.25) is 0 Å². The maximum atomic E-state index is 11.1. The molecule has 6 heteroatoms. The zero-order valence-electron chi connectivity index (χ0n) is 10.6. The van der Waals surface area contributed by atoms with E-state index in [-0.39, 0.29) is 11.2 Å². The predicted molar refractivity (Wildman–Crippen MR) is 68.5 cm³/mol. The molecule has 17 heavy (non-hydrogen) atoms. The van der Waals surface area contributed by atoms with Gasteiger partial charge in [0, 0.05) is 23.1 Å². The van der Waals surface area contributed by atoms with E-state index in [0.717, 1.165) is 17.0 Å². The Balaban J connectivity index is 2.72.